The molecule has 14 heteroatoms. The van der Waals surface area contributed by atoms with E-state index in [1.54, 1.807) is 6.20 Å². The molecule has 3 rings (SSSR count). The van der Waals surface area contributed by atoms with Gasteiger partial charge in [-0.1, -0.05) is 18.2 Å². The molecule has 1 aromatic carbocycles. The number of aliphatic hydroxyl groups is 1. The molecule has 2 aromatic heterocycles. The zero-order valence-electron chi connectivity index (χ0n) is 20.5. The van der Waals surface area contributed by atoms with Crippen LogP contribution < -0.4 is 21.7 Å². The van der Waals surface area contributed by atoms with Crippen molar-refractivity contribution in [1.29, 1.82) is 0 Å². The number of nitrogens with one attached hydrogen (secondary N) is 5. The number of aromatic nitrogens is 3. The number of aliphatic carboxylic acids is 1. The van der Waals surface area contributed by atoms with Crippen molar-refractivity contribution in [1.82, 2.24) is 30.9 Å². The number of carbonyl (C=O) groups is 4. The van der Waals surface area contributed by atoms with Crippen LogP contribution in [0.5, 0.6) is 0 Å². The Kier molecular flexibility index (Phi) is 9.87. The average Bonchev–Trinajstić information content (AvgIpc) is 3.54. The van der Waals surface area contributed by atoms with Gasteiger partial charge in [0.2, 0.25) is 17.7 Å². The first-order valence-electron chi connectivity index (χ1n) is 11.8. The zero-order chi connectivity index (χ0) is 27.8. The summed E-state index contributed by atoms with van der Waals surface area (Å²) in [5, 5.41) is 27.9. The Bertz CT molecular complexity index is 1260. The lowest BCUT2D eigenvalue weighted by Crippen LogP contribution is -2.60. The van der Waals surface area contributed by atoms with Gasteiger partial charge in [-0.2, -0.15) is 12.6 Å². The summed E-state index contributed by atoms with van der Waals surface area (Å²) in [6.07, 6.45) is 3.37. The Balaban J connectivity index is 1.64. The number of aromatic amines is 2. The van der Waals surface area contributed by atoms with Crippen LogP contribution in [0, 0.1) is 0 Å². The second kappa shape index (κ2) is 13.1. The van der Waals surface area contributed by atoms with Crippen LogP contribution in [-0.2, 0) is 32.0 Å². The van der Waals surface area contributed by atoms with Gasteiger partial charge in [-0.3, -0.25) is 14.4 Å². The molecule has 0 saturated heterocycles. The molecule has 3 amide bonds. The van der Waals surface area contributed by atoms with Crippen molar-refractivity contribution in [2.75, 3.05) is 5.75 Å². The van der Waals surface area contributed by atoms with Crippen molar-refractivity contribution in [3.05, 3.63) is 54.2 Å². The fourth-order valence-electron chi connectivity index (χ4n) is 3.84. The monoisotopic (exact) mass is 545 g/mol. The minimum Gasteiger partial charge on any atom is -0.480 e. The predicted octanol–water partition coefficient (Wildman–Crippen LogP) is -1.15. The van der Waals surface area contributed by atoms with Gasteiger partial charge in [0, 0.05) is 47.6 Å². The van der Waals surface area contributed by atoms with Gasteiger partial charge in [-0.05, 0) is 18.6 Å². The summed E-state index contributed by atoms with van der Waals surface area (Å²) in [5.41, 5.74) is 8.03. The summed E-state index contributed by atoms with van der Waals surface area (Å²) in [7, 11) is 0. The Morgan fingerprint density at radius 1 is 1.03 bits per heavy atom. The lowest BCUT2D eigenvalue weighted by Gasteiger charge is -2.26. The van der Waals surface area contributed by atoms with E-state index in [9.17, 15) is 29.4 Å². The van der Waals surface area contributed by atoms with Crippen LogP contribution in [0.15, 0.2) is 43.0 Å². The Hall–Kier alpha value is -3.88. The number of nitrogens with zero attached hydrogens (tertiary/aromatic N) is 1. The Morgan fingerprint density at radius 3 is 2.37 bits per heavy atom. The maximum Gasteiger partial charge on any atom is 0.326 e. The van der Waals surface area contributed by atoms with E-state index in [2.05, 4.69) is 43.5 Å². The highest BCUT2D eigenvalue weighted by Gasteiger charge is 2.32. The van der Waals surface area contributed by atoms with Gasteiger partial charge >= 0.3 is 5.97 Å². The first kappa shape index (κ1) is 28.7. The summed E-state index contributed by atoms with van der Waals surface area (Å²) in [6.45, 7) is 1.27. The number of benzene rings is 1. The van der Waals surface area contributed by atoms with E-state index < -0.39 is 54.0 Å². The van der Waals surface area contributed by atoms with Gasteiger partial charge in [0.05, 0.1) is 18.5 Å². The number of hydrogen-bond acceptors (Lipinski definition) is 8. The Labute approximate surface area is 223 Å². The van der Waals surface area contributed by atoms with Crippen LogP contribution in [0.1, 0.15) is 18.2 Å². The van der Waals surface area contributed by atoms with Crippen molar-refractivity contribution >= 4 is 47.2 Å². The van der Waals surface area contributed by atoms with E-state index in [1.165, 1.54) is 19.4 Å². The predicted molar refractivity (Wildman–Crippen MR) is 141 cm³/mol. The number of carboxylic acid groups (broad SMARTS) is 1. The van der Waals surface area contributed by atoms with Gasteiger partial charge in [0.25, 0.3) is 0 Å². The quantitative estimate of drug-likeness (QED) is 0.119. The van der Waals surface area contributed by atoms with Crippen LogP contribution in [0.3, 0.4) is 0 Å². The minimum absolute atomic E-state index is 0.0326. The molecule has 5 atom stereocenters. The SMILES string of the molecule is CC(O)C(NC(=O)C(CS)NC(=O)C(N)Cc1cnc[nH]1)C(=O)NC(Cc1c[nH]c2ccccc12)C(=O)O. The van der Waals surface area contributed by atoms with Crippen molar-refractivity contribution in [2.24, 2.45) is 5.73 Å². The lowest BCUT2D eigenvalue weighted by atomic mass is 10.0. The normalized spacial score (nSPS) is 15.2. The number of fused-ring (bicyclic) bond motifs is 1. The summed E-state index contributed by atoms with van der Waals surface area (Å²) in [4.78, 5) is 59.9. The summed E-state index contributed by atoms with van der Waals surface area (Å²) < 4.78 is 0. The topological polar surface area (TPSA) is 215 Å². The maximum absolute atomic E-state index is 13.0. The fourth-order valence-corrected chi connectivity index (χ4v) is 4.10. The molecular weight excluding hydrogens is 514 g/mol. The fraction of sp³-hybridized carbons (Fsp3) is 0.375. The highest BCUT2D eigenvalue weighted by Crippen LogP contribution is 2.19. The number of hydrogen-bond donors (Lipinski definition) is 9. The molecule has 0 aliphatic heterocycles. The van der Waals surface area contributed by atoms with Gasteiger partial charge < -0.3 is 41.9 Å². The summed E-state index contributed by atoms with van der Waals surface area (Å²) >= 11 is 4.10. The molecule has 13 nitrogen and oxygen atoms in total. The van der Waals surface area contributed by atoms with Gasteiger partial charge in [0.15, 0.2) is 0 Å². The van der Waals surface area contributed by atoms with Crippen molar-refractivity contribution < 1.29 is 29.4 Å². The third-order valence-electron chi connectivity index (χ3n) is 5.92. The molecule has 3 aromatic rings. The number of rotatable bonds is 13. The molecule has 9 N–H and O–H groups in total. The molecule has 0 aliphatic rings. The number of aliphatic hydroxyl groups excluding tert-OH is 1. The van der Waals surface area contributed by atoms with Gasteiger partial charge in [-0.25, -0.2) is 9.78 Å². The van der Waals surface area contributed by atoms with E-state index in [0.29, 0.717) is 11.3 Å². The highest BCUT2D eigenvalue weighted by atomic mass is 32.1. The smallest absolute Gasteiger partial charge is 0.326 e. The number of para-hydroxylation sites is 1. The molecular formula is C24H31N7O6S. The van der Waals surface area contributed by atoms with Crippen LogP contribution >= 0.6 is 12.6 Å². The van der Waals surface area contributed by atoms with Crippen molar-refractivity contribution in [3.63, 3.8) is 0 Å². The summed E-state index contributed by atoms with van der Waals surface area (Å²) in [5.74, 6) is -3.74. The van der Waals surface area contributed by atoms with E-state index in [-0.39, 0.29) is 18.6 Å². The van der Waals surface area contributed by atoms with Crippen LogP contribution in [0.25, 0.3) is 10.9 Å². The molecule has 2 heterocycles. The number of H-pyrrole nitrogens is 2. The molecule has 0 radical (unpaired) electrons. The second-order valence-electron chi connectivity index (χ2n) is 8.82. The maximum atomic E-state index is 13.0. The molecule has 0 bridgehead atoms. The number of amides is 3. The summed E-state index contributed by atoms with van der Waals surface area (Å²) in [6, 6.07) is 2.33. The largest absolute Gasteiger partial charge is 0.480 e. The van der Waals surface area contributed by atoms with Gasteiger partial charge in [-0.15, -0.1) is 0 Å². The van der Waals surface area contributed by atoms with Crippen LogP contribution in [0.2, 0.25) is 0 Å². The number of carbonyl (C=O) groups excluding carboxylic acids is 3. The highest BCUT2D eigenvalue weighted by molar-refractivity contribution is 7.80. The zero-order valence-corrected chi connectivity index (χ0v) is 21.4. The Morgan fingerprint density at radius 2 is 1.74 bits per heavy atom. The number of carboxylic acids is 1. The molecule has 0 aliphatic carbocycles. The number of imidazole rings is 1. The first-order chi connectivity index (χ1) is 18.1. The third kappa shape index (κ3) is 7.34. The second-order valence-corrected chi connectivity index (χ2v) is 9.19. The molecule has 0 spiro atoms. The molecule has 0 fully saturated rings. The van der Waals surface area contributed by atoms with Gasteiger partial charge in [0.1, 0.15) is 18.1 Å². The first-order valence-corrected chi connectivity index (χ1v) is 12.4. The third-order valence-corrected chi connectivity index (χ3v) is 6.29. The lowest BCUT2D eigenvalue weighted by molar-refractivity contribution is -0.143. The molecule has 5 unspecified atom stereocenters. The van der Waals surface area contributed by atoms with Crippen LogP contribution in [-0.4, -0.2) is 84.9 Å². The van der Waals surface area contributed by atoms with E-state index in [1.807, 2.05) is 24.3 Å². The number of nitrogens with two attached hydrogens (primary N) is 1. The standard InChI is InChI=1S/C24H31N7O6S/c1-12(32)20(31-22(34)19(10-38)30-21(33)16(25)7-14-9-26-11-28-14)23(35)29-18(24(36)37)6-13-8-27-17-5-3-2-4-15(13)17/h2-5,8-9,11-12,16,18-20,27,32,38H,6-7,10,25H2,1H3,(H,26,28)(H,29,35)(H,30,33)(H,31,34)(H,36,37). The van der Waals surface area contributed by atoms with Crippen molar-refractivity contribution in [3.8, 4) is 0 Å². The van der Waals surface area contributed by atoms with Crippen molar-refractivity contribution in [2.45, 2.75) is 50.0 Å². The molecule has 38 heavy (non-hydrogen) atoms. The molecule has 204 valence electrons. The average molecular weight is 546 g/mol. The van der Waals surface area contributed by atoms with Crippen LogP contribution in [0.4, 0.5) is 0 Å². The van der Waals surface area contributed by atoms with E-state index in [0.717, 1.165) is 10.9 Å². The van der Waals surface area contributed by atoms with E-state index in [4.69, 9.17) is 5.73 Å². The molecule has 0 saturated carbocycles. The van der Waals surface area contributed by atoms with E-state index >= 15 is 0 Å². The minimum atomic E-state index is -1.50. The number of thiol groups is 1.